The molecule has 1 aromatic rings. The fourth-order valence-corrected chi connectivity index (χ4v) is 3.64. The molecule has 0 spiro atoms. The molecule has 1 unspecified atom stereocenters. The van der Waals surface area contributed by atoms with Gasteiger partial charge in [0.05, 0.1) is 18.4 Å². The summed E-state index contributed by atoms with van der Waals surface area (Å²) < 4.78 is 4.74. The van der Waals surface area contributed by atoms with Crippen molar-refractivity contribution < 1.29 is 14.3 Å². The highest BCUT2D eigenvalue weighted by molar-refractivity contribution is 7.12. The molecule has 5 heteroatoms. The van der Waals surface area contributed by atoms with Crippen LogP contribution in [0, 0.1) is 0 Å². The predicted octanol–water partition coefficient (Wildman–Crippen LogP) is 2.87. The Morgan fingerprint density at radius 2 is 2.25 bits per heavy atom. The molecule has 1 fully saturated rings. The largest absolute Gasteiger partial charge is 0.469 e. The molecule has 1 aliphatic rings. The lowest BCUT2D eigenvalue weighted by Gasteiger charge is -2.35. The van der Waals surface area contributed by atoms with Crippen LogP contribution in [-0.2, 0) is 16.0 Å². The van der Waals surface area contributed by atoms with Crippen LogP contribution in [0.1, 0.15) is 47.8 Å². The number of thiophene rings is 1. The standard InChI is InChI=1S/C15H21NO3S/c1-3-11-7-9-20-14(11)15(18)16-8-5-4-6-12(16)10-13(17)19-2/h7,9,12H,3-6,8,10H2,1-2H3. The molecular weight excluding hydrogens is 274 g/mol. The van der Waals surface area contributed by atoms with Crippen LogP contribution in [0.5, 0.6) is 0 Å². The number of aryl methyl sites for hydroxylation is 1. The van der Waals surface area contributed by atoms with Gasteiger partial charge < -0.3 is 9.64 Å². The van der Waals surface area contributed by atoms with E-state index < -0.39 is 0 Å². The van der Waals surface area contributed by atoms with Gasteiger partial charge in [-0.1, -0.05) is 6.92 Å². The van der Waals surface area contributed by atoms with Crippen molar-refractivity contribution >= 4 is 23.2 Å². The number of methoxy groups -OCH3 is 1. The first-order chi connectivity index (χ1) is 9.67. The molecule has 1 atom stereocenters. The van der Waals surface area contributed by atoms with Gasteiger partial charge in [0.15, 0.2) is 0 Å². The molecule has 20 heavy (non-hydrogen) atoms. The minimum atomic E-state index is -0.239. The zero-order valence-electron chi connectivity index (χ0n) is 12.1. The maximum absolute atomic E-state index is 12.7. The van der Waals surface area contributed by atoms with Crippen LogP contribution in [-0.4, -0.2) is 36.5 Å². The molecule has 0 aliphatic carbocycles. The van der Waals surface area contributed by atoms with E-state index in [-0.39, 0.29) is 17.9 Å². The van der Waals surface area contributed by atoms with E-state index in [2.05, 4.69) is 6.92 Å². The first-order valence-corrected chi connectivity index (χ1v) is 7.99. The molecule has 4 nitrogen and oxygen atoms in total. The van der Waals surface area contributed by atoms with Crippen molar-refractivity contribution in [1.29, 1.82) is 0 Å². The Kier molecular flexibility index (Phi) is 5.17. The number of carbonyl (C=O) groups is 2. The third-order valence-corrected chi connectivity index (χ3v) is 4.78. The quantitative estimate of drug-likeness (QED) is 0.802. The van der Waals surface area contributed by atoms with Crippen LogP contribution in [0.2, 0.25) is 0 Å². The fraction of sp³-hybridized carbons (Fsp3) is 0.600. The SMILES string of the molecule is CCc1ccsc1C(=O)N1CCCCC1CC(=O)OC. The Balaban J connectivity index is 2.15. The van der Waals surface area contributed by atoms with Crippen LogP contribution < -0.4 is 0 Å². The minimum Gasteiger partial charge on any atom is -0.469 e. The van der Waals surface area contributed by atoms with Crippen LogP contribution >= 0.6 is 11.3 Å². The van der Waals surface area contributed by atoms with Crippen molar-refractivity contribution in [2.45, 2.75) is 45.1 Å². The molecule has 1 amide bonds. The topological polar surface area (TPSA) is 46.6 Å². The second-order valence-corrected chi connectivity index (χ2v) is 5.97. The molecule has 110 valence electrons. The summed E-state index contributed by atoms with van der Waals surface area (Å²) in [4.78, 5) is 26.9. The second kappa shape index (κ2) is 6.88. The lowest BCUT2D eigenvalue weighted by molar-refractivity contribution is -0.142. The first kappa shape index (κ1) is 15.0. The Morgan fingerprint density at radius 1 is 1.45 bits per heavy atom. The van der Waals surface area contributed by atoms with Crippen LogP contribution in [0.4, 0.5) is 0 Å². The molecular formula is C15H21NO3S. The number of ether oxygens (including phenoxy) is 1. The summed E-state index contributed by atoms with van der Waals surface area (Å²) in [6.07, 6.45) is 4.12. The summed E-state index contributed by atoms with van der Waals surface area (Å²) in [5.74, 6) is -0.165. The maximum atomic E-state index is 12.7. The number of piperidine rings is 1. The molecule has 2 rings (SSSR count). The molecule has 2 heterocycles. The molecule has 0 radical (unpaired) electrons. The molecule has 1 aromatic heterocycles. The highest BCUT2D eigenvalue weighted by Gasteiger charge is 2.30. The van der Waals surface area contributed by atoms with Gasteiger partial charge in [0.1, 0.15) is 0 Å². The van der Waals surface area contributed by atoms with Crippen molar-refractivity contribution in [3.05, 3.63) is 21.9 Å². The number of likely N-dealkylation sites (tertiary alicyclic amines) is 1. The zero-order chi connectivity index (χ0) is 14.5. The van der Waals surface area contributed by atoms with Crippen molar-refractivity contribution in [2.75, 3.05) is 13.7 Å². The molecule has 0 aromatic carbocycles. The highest BCUT2D eigenvalue weighted by atomic mass is 32.1. The minimum absolute atomic E-state index is 0.0180. The normalized spacial score (nSPS) is 18.9. The molecule has 0 bridgehead atoms. The van der Waals surface area contributed by atoms with Crippen molar-refractivity contribution in [3.8, 4) is 0 Å². The number of rotatable bonds is 4. The fourth-order valence-electron chi connectivity index (χ4n) is 2.69. The van der Waals surface area contributed by atoms with Crippen molar-refractivity contribution in [1.82, 2.24) is 4.90 Å². The van der Waals surface area contributed by atoms with Crippen molar-refractivity contribution in [2.24, 2.45) is 0 Å². The monoisotopic (exact) mass is 295 g/mol. The first-order valence-electron chi connectivity index (χ1n) is 7.11. The summed E-state index contributed by atoms with van der Waals surface area (Å²) in [7, 11) is 1.39. The number of carbonyl (C=O) groups excluding carboxylic acids is 2. The van der Waals surface area contributed by atoms with Crippen molar-refractivity contribution in [3.63, 3.8) is 0 Å². The molecule has 0 saturated carbocycles. The van der Waals surface area contributed by atoms with Gasteiger partial charge >= 0.3 is 5.97 Å². The Labute approximate surface area is 123 Å². The van der Waals surface area contributed by atoms with Crippen LogP contribution in [0.15, 0.2) is 11.4 Å². The van der Waals surface area contributed by atoms with Gasteiger partial charge in [0, 0.05) is 12.6 Å². The second-order valence-electron chi connectivity index (χ2n) is 5.06. The van der Waals surface area contributed by atoms with E-state index in [1.165, 1.54) is 18.4 Å². The summed E-state index contributed by atoms with van der Waals surface area (Å²) in [5.41, 5.74) is 1.10. The summed E-state index contributed by atoms with van der Waals surface area (Å²) in [5, 5.41) is 1.96. The van der Waals surface area contributed by atoms with E-state index in [9.17, 15) is 9.59 Å². The highest BCUT2D eigenvalue weighted by Crippen LogP contribution is 2.26. The number of hydrogen-bond donors (Lipinski definition) is 0. The maximum Gasteiger partial charge on any atom is 0.307 e. The van der Waals surface area contributed by atoms with Gasteiger partial charge in [0.25, 0.3) is 5.91 Å². The van der Waals surface area contributed by atoms with Crippen LogP contribution in [0.3, 0.4) is 0 Å². The number of esters is 1. The number of nitrogens with zero attached hydrogens (tertiary/aromatic N) is 1. The van der Waals surface area contributed by atoms with E-state index in [1.54, 1.807) is 0 Å². The number of amides is 1. The molecule has 1 aliphatic heterocycles. The van der Waals surface area contributed by atoms with Gasteiger partial charge in [-0.2, -0.15) is 0 Å². The van der Waals surface area contributed by atoms with Gasteiger partial charge in [0.2, 0.25) is 0 Å². The van der Waals surface area contributed by atoms with E-state index in [1.807, 2.05) is 16.3 Å². The van der Waals surface area contributed by atoms with Gasteiger partial charge in [-0.3, -0.25) is 9.59 Å². The van der Waals surface area contributed by atoms with E-state index in [0.717, 1.165) is 42.7 Å². The number of hydrogen-bond acceptors (Lipinski definition) is 4. The summed E-state index contributed by atoms with van der Waals surface area (Å²) >= 11 is 1.50. The molecule has 0 N–H and O–H groups in total. The Morgan fingerprint density at radius 3 is 2.95 bits per heavy atom. The predicted molar refractivity (Wildman–Crippen MR) is 79.0 cm³/mol. The van der Waals surface area contributed by atoms with E-state index in [4.69, 9.17) is 4.74 Å². The van der Waals surface area contributed by atoms with Gasteiger partial charge in [-0.05, 0) is 42.7 Å². The third-order valence-electron chi connectivity index (χ3n) is 3.84. The molecule has 1 saturated heterocycles. The summed E-state index contributed by atoms with van der Waals surface area (Å²) in [6, 6.07) is 1.99. The van der Waals surface area contributed by atoms with E-state index >= 15 is 0 Å². The van der Waals surface area contributed by atoms with E-state index in [0.29, 0.717) is 6.42 Å². The lowest BCUT2D eigenvalue weighted by Crippen LogP contribution is -2.44. The summed E-state index contributed by atoms with van der Waals surface area (Å²) in [6.45, 7) is 2.79. The van der Waals surface area contributed by atoms with Gasteiger partial charge in [-0.25, -0.2) is 0 Å². The van der Waals surface area contributed by atoms with Crippen LogP contribution in [0.25, 0.3) is 0 Å². The Bertz CT molecular complexity index is 483. The Hall–Kier alpha value is -1.36. The zero-order valence-corrected chi connectivity index (χ0v) is 12.9. The lowest BCUT2D eigenvalue weighted by atomic mass is 9.98. The third kappa shape index (κ3) is 3.20. The van der Waals surface area contributed by atoms with Gasteiger partial charge in [-0.15, -0.1) is 11.3 Å². The smallest absolute Gasteiger partial charge is 0.307 e. The average molecular weight is 295 g/mol. The average Bonchev–Trinajstić information content (AvgIpc) is 2.95.